The van der Waals surface area contributed by atoms with Gasteiger partial charge in [0.25, 0.3) is 0 Å². The maximum atomic E-state index is 12.4. The Hall–Kier alpha value is -1.27. The van der Waals surface area contributed by atoms with Crippen molar-refractivity contribution in [1.82, 2.24) is 4.31 Å². The lowest BCUT2D eigenvalue weighted by molar-refractivity contribution is 0.295. The summed E-state index contributed by atoms with van der Waals surface area (Å²) in [6.07, 6.45) is 1.41. The molecule has 2 aliphatic rings. The molecule has 0 radical (unpaired) electrons. The van der Waals surface area contributed by atoms with Gasteiger partial charge >= 0.3 is 0 Å². The highest BCUT2D eigenvalue weighted by atomic mass is 32.2. The molecule has 18 heavy (non-hydrogen) atoms. The number of benzene rings is 1. The third-order valence-electron chi connectivity index (χ3n) is 3.56. The van der Waals surface area contributed by atoms with Crippen molar-refractivity contribution in [2.24, 2.45) is 10.2 Å². The van der Waals surface area contributed by atoms with Crippen molar-refractivity contribution in [3.63, 3.8) is 0 Å². The summed E-state index contributed by atoms with van der Waals surface area (Å²) in [5.74, 6) is 0. The third-order valence-corrected chi connectivity index (χ3v) is 5.48. The highest BCUT2D eigenvalue weighted by Gasteiger charge is 2.45. The fourth-order valence-electron chi connectivity index (χ4n) is 2.21. The number of piperidine rings is 1. The summed E-state index contributed by atoms with van der Waals surface area (Å²) in [5, 5.41) is 8.00. The smallest absolute Gasteiger partial charge is 0.207 e. The molecule has 0 unspecified atom stereocenters. The van der Waals surface area contributed by atoms with E-state index in [1.165, 1.54) is 4.31 Å². The predicted molar refractivity (Wildman–Crippen MR) is 66.8 cm³/mol. The van der Waals surface area contributed by atoms with E-state index in [0.29, 0.717) is 30.8 Å². The molecule has 96 valence electrons. The van der Waals surface area contributed by atoms with Crippen molar-refractivity contribution in [2.45, 2.75) is 30.3 Å². The lowest BCUT2D eigenvalue weighted by atomic mass is 10.0. The van der Waals surface area contributed by atoms with Crippen molar-refractivity contribution >= 4 is 10.0 Å². The molecule has 0 aliphatic carbocycles. The fourth-order valence-corrected chi connectivity index (χ4v) is 3.66. The van der Waals surface area contributed by atoms with E-state index in [2.05, 4.69) is 10.2 Å². The average molecular weight is 265 g/mol. The topological polar surface area (TPSA) is 62.1 Å². The highest BCUT2D eigenvalue weighted by Crippen LogP contribution is 2.39. The lowest BCUT2D eigenvalue weighted by Crippen LogP contribution is -2.41. The second-order valence-electron chi connectivity index (χ2n) is 4.90. The monoisotopic (exact) mass is 265 g/mol. The average Bonchev–Trinajstić information content (AvgIpc) is 3.10. The van der Waals surface area contributed by atoms with Gasteiger partial charge in [-0.1, -0.05) is 17.7 Å². The lowest BCUT2D eigenvalue weighted by Gasteiger charge is -2.28. The van der Waals surface area contributed by atoms with Gasteiger partial charge in [0, 0.05) is 25.9 Å². The number of rotatable bonds is 2. The van der Waals surface area contributed by atoms with Crippen LogP contribution in [0.4, 0.5) is 0 Å². The molecule has 1 saturated heterocycles. The van der Waals surface area contributed by atoms with Gasteiger partial charge in [-0.2, -0.15) is 14.5 Å². The van der Waals surface area contributed by atoms with Crippen molar-refractivity contribution in [1.29, 1.82) is 0 Å². The molecule has 2 aliphatic heterocycles. The third kappa shape index (κ3) is 1.95. The first-order chi connectivity index (χ1) is 8.52. The summed E-state index contributed by atoms with van der Waals surface area (Å²) >= 11 is 0. The van der Waals surface area contributed by atoms with Gasteiger partial charge in [-0.25, -0.2) is 8.42 Å². The minimum absolute atomic E-state index is 0.237. The molecule has 0 bridgehead atoms. The molecular formula is C12H15N3O2S. The second kappa shape index (κ2) is 3.86. The van der Waals surface area contributed by atoms with E-state index in [-0.39, 0.29) is 5.66 Å². The van der Waals surface area contributed by atoms with Crippen molar-refractivity contribution in [3.8, 4) is 0 Å². The molecule has 0 saturated carbocycles. The predicted octanol–water partition coefficient (Wildman–Crippen LogP) is 1.94. The Labute approximate surface area is 107 Å². The van der Waals surface area contributed by atoms with Crippen LogP contribution in [0.5, 0.6) is 0 Å². The minimum atomic E-state index is -3.35. The van der Waals surface area contributed by atoms with Crippen LogP contribution in [-0.4, -0.2) is 31.5 Å². The van der Waals surface area contributed by atoms with E-state index in [0.717, 1.165) is 5.56 Å². The number of aryl methyl sites for hydroxylation is 1. The zero-order valence-electron chi connectivity index (χ0n) is 10.2. The van der Waals surface area contributed by atoms with Gasteiger partial charge in [0.05, 0.1) is 4.90 Å². The SMILES string of the molecule is Cc1ccc(S(=O)(=O)N2CCC3(CC2)N=N3)cc1. The van der Waals surface area contributed by atoms with E-state index in [1.54, 1.807) is 12.1 Å². The van der Waals surface area contributed by atoms with Crippen LogP contribution in [0, 0.1) is 6.92 Å². The van der Waals surface area contributed by atoms with Gasteiger partial charge in [0.1, 0.15) is 0 Å². The van der Waals surface area contributed by atoms with Crippen LogP contribution in [0.25, 0.3) is 0 Å². The molecule has 1 aromatic rings. The van der Waals surface area contributed by atoms with Crippen LogP contribution in [0.2, 0.25) is 0 Å². The Morgan fingerprint density at radius 3 is 2.17 bits per heavy atom. The van der Waals surface area contributed by atoms with Gasteiger partial charge in [-0.15, -0.1) is 0 Å². The molecular weight excluding hydrogens is 250 g/mol. The number of hydrogen-bond acceptors (Lipinski definition) is 4. The van der Waals surface area contributed by atoms with Crippen molar-refractivity contribution in [3.05, 3.63) is 29.8 Å². The summed E-state index contributed by atoms with van der Waals surface area (Å²) in [7, 11) is -3.35. The normalized spacial score (nSPS) is 22.3. The van der Waals surface area contributed by atoms with Crippen LogP contribution >= 0.6 is 0 Å². The number of nitrogens with zero attached hydrogens (tertiary/aromatic N) is 3. The van der Waals surface area contributed by atoms with Gasteiger partial charge in [0.2, 0.25) is 10.0 Å². The minimum Gasteiger partial charge on any atom is -0.207 e. The zero-order valence-corrected chi connectivity index (χ0v) is 11.0. The first-order valence-corrected chi connectivity index (χ1v) is 7.47. The molecule has 0 aromatic heterocycles. The molecule has 5 nitrogen and oxygen atoms in total. The van der Waals surface area contributed by atoms with Crippen molar-refractivity contribution in [2.75, 3.05) is 13.1 Å². The molecule has 0 atom stereocenters. The molecule has 3 rings (SSSR count). The van der Waals surface area contributed by atoms with E-state index >= 15 is 0 Å². The molecule has 1 aromatic carbocycles. The summed E-state index contributed by atoms with van der Waals surface area (Å²) in [6, 6.07) is 6.98. The van der Waals surface area contributed by atoms with Crippen LogP contribution in [0.15, 0.2) is 39.4 Å². The van der Waals surface area contributed by atoms with Crippen LogP contribution in [-0.2, 0) is 10.0 Å². The summed E-state index contributed by atoms with van der Waals surface area (Å²) < 4.78 is 26.3. The summed E-state index contributed by atoms with van der Waals surface area (Å²) in [6.45, 7) is 2.95. The van der Waals surface area contributed by atoms with Gasteiger partial charge in [-0.3, -0.25) is 0 Å². The van der Waals surface area contributed by atoms with E-state index in [9.17, 15) is 8.42 Å². The maximum Gasteiger partial charge on any atom is 0.243 e. The number of hydrogen-bond donors (Lipinski definition) is 0. The Bertz CT molecular complexity index is 576. The molecule has 1 spiro atoms. The van der Waals surface area contributed by atoms with Crippen LogP contribution in [0.1, 0.15) is 18.4 Å². The Morgan fingerprint density at radius 2 is 1.67 bits per heavy atom. The molecule has 6 heteroatoms. The second-order valence-corrected chi connectivity index (χ2v) is 6.84. The molecule has 0 N–H and O–H groups in total. The Kier molecular flexibility index (Phi) is 2.53. The van der Waals surface area contributed by atoms with Crippen LogP contribution < -0.4 is 0 Å². The number of sulfonamides is 1. The Balaban J connectivity index is 1.80. The summed E-state index contributed by atoms with van der Waals surface area (Å²) in [5.41, 5.74) is 0.821. The fraction of sp³-hybridized carbons (Fsp3) is 0.500. The van der Waals surface area contributed by atoms with Gasteiger partial charge in [-0.05, 0) is 19.1 Å². The summed E-state index contributed by atoms with van der Waals surface area (Å²) in [4.78, 5) is 0.369. The molecule has 1 fully saturated rings. The highest BCUT2D eigenvalue weighted by molar-refractivity contribution is 7.89. The molecule has 2 heterocycles. The van der Waals surface area contributed by atoms with E-state index in [1.807, 2.05) is 19.1 Å². The van der Waals surface area contributed by atoms with Gasteiger partial charge < -0.3 is 0 Å². The van der Waals surface area contributed by atoms with E-state index < -0.39 is 10.0 Å². The standard InChI is InChI=1S/C12H15N3O2S/c1-10-2-4-11(5-3-10)18(16,17)15-8-6-12(7-9-15)13-14-12/h2-5H,6-9H2,1H3. The van der Waals surface area contributed by atoms with Crippen molar-refractivity contribution < 1.29 is 8.42 Å². The Morgan fingerprint density at radius 1 is 1.11 bits per heavy atom. The molecule has 0 amide bonds. The largest absolute Gasteiger partial charge is 0.243 e. The first-order valence-electron chi connectivity index (χ1n) is 6.03. The maximum absolute atomic E-state index is 12.4. The zero-order chi connectivity index (χ0) is 12.8. The first kappa shape index (κ1) is 11.8. The van der Waals surface area contributed by atoms with E-state index in [4.69, 9.17) is 0 Å². The van der Waals surface area contributed by atoms with Gasteiger partial charge in [0.15, 0.2) is 5.66 Å². The van der Waals surface area contributed by atoms with Crippen LogP contribution in [0.3, 0.4) is 0 Å². The quantitative estimate of drug-likeness (QED) is 0.820.